The van der Waals surface area contributed by atoms with Crippen molar-refractivity contribution in [2.75, 3.05) is 0 Å². The van der Waals surface area contributed by atoms with Gasteiger partial charge in [-0.2, -0.15) is 0 Å². The molecule has 2 aromatic carbocycles. The minimum Gasteiger partial charge on any atom is -0.324 e. The summed E-state index contributed by atoms with van der Waals surface area (Å²) in [5.41, 5.74) is 4.15. The summed E-state index contributed by atoms with van der Waals surface area (Å²) in [7, 11) is 0. The van der Waals surface area contributed by atoms with Gasteiger partial charge in [0.15, 0.2) is 5.78 Å². The van der Waals surface area contributed by atoms with Crippen LogP contribution in [0.3, 0.4) is 0 Å². The zero-order valence-electron chi connectivity index (χ0n) is 20.3. The summed E-state index contributed by atoms with van der Waals surface area (Å²) in [6.45, 7) is 6.21. The number of hydrogen-bond acceptors (Lipinski definition) is 3. The highest BCUT2D eigenvalue weighted by molar-refractivity contribution is 6.04. The molecule has 34 heavy (non-hydrogen) atoms. The number of aryl methyl sites for hydroxylation is 2. The number of carbonyl (C=O) groups excluding carboxylic acids is 1. The third kappa shape index (κ3) is 5.53. The number of ketones is 1. The number of nitrogens with zero attached hydrogens (tertiary/aromatic N) is 4. The molecule has 0 spiro atoms. The molecule has 5 nitrogen and oxygen atoms in total. The number of fused-ring (bicyclic) bond motifs is 2. The molecule has 176 valence electrons. The smallest absolute Gasteiger partial charge is 0.178 e. The lowest BCUT2D eigenvalue weighted by Crippen LogP contribution is -2.01. The van der Waals surface area contributed by atoms with Gasteiger partial charge in [0.05, 0.1) is 22.1 Å². The summed E-state index contributed by atoms with van der Waals surface area (Å²) < 4.78 is 4.43. The number of allylic oxidation sites excluding steroid dienone is 2. The van der Waals surface area contributed by atoms with Crippen LogP contribution in [-0.2, 0) is 17.9 Å². The number of benzene rings is 2. The van der Waals surface area contributed by atoms with Crippen LogP contribution >= 0.6 is 0 Å². The predicted molar refractivity (Wildman–Crippen MR) is 142 cm³/mol. The van der Waals surface area contributed by atoms with E-state index in [1.54, 1.807) is 12.2 Å². The maximum absolute atomic E-state index is 12.7. The first kappa shape index (κ1) is 23.7. The van der Waals surface area contributed by atoms with E-state index in [1.165, 1.54) is 25.7 Å². The molecule has 0 aliphatic carbocycles. The van der Waals surface area contributed by atoms with Crippen molar-refractivity contribution in [3.8, 4) is 0 Å². The van der Waals surface area contributed by atoms with Crippen molar-refractivity contribution in [1.82, 2.24) is 19.1 Å². The fourth-order valence-electron chi connectivity index (χ4n) is 4.32. The molecule has 0 atom stereocenters. The van der Waals surface area contributed by atoms with Crippen molar-refractivity contribution >= 4 is 40.0 Å². The van der Waals surface area contributed by atoms with Crippen LogP contribution in [0.5, 0.6) is 0 Å². The van der Waals surface area contributed by atoms with Gasteiger partial charge in [-0.25, -0.2) is 9.97 Å². The average Bonchev–Trinajstić information content (AvgIpc) is 3.39. The molecule has 0 unspecified atom stereocenters. The number of carbonyl (C=O) groups is 1. The highest BCUT2D eigenvalue weighted by atomic mass is 16.1. The summed E-state index contributed by atoms with van der Waals surface area (Å²) in [5, 5.41) is 0. The van der Waals surface area contributed by atoms with Gasteiger partial charge in [-0.3, -0.25) is 4.79 Å². The maximum atomic E-state index is 12.7. The lowest BCUT2D eigenvalue weighted by Gasteiger charge is -2.06. The maximum Gasteiger partial charge on any atom is 0.178 e. The molecule has 0 aliphatic heterocycles. The van der Waals surface area contributed by atoms with Crippen LogP contribution in [0.2, 0.25) is 0 Å². The van der Waals surface area contributed by atoms with Crippen molar-refractivity contribution in [2.24, 2.45) is 0 Å². The fourth-order valence-corrected chi connectivity index (χ4v) is 4.32. The predicted octanol–water partition coefficient (Wildman–Crippen LogP) is 7.06. The van der Waals surface area contributed by atoms with Crippen LogP contribution in [0.15, 0.2) is 60.7 Å². The number of imidazole rings is 2. The van der Waals surface area contributed by atoms with Crippen molar-refractivity contribution in [3.63, 3.8) is 0 Å². The summed E-state index contributed by atoms with van der Waals surface area (Å²) in [6, 6.07) is 16.3. The van der Waals surface area contributed by atoms with E-state index >= 15 is 0 Å². The quantitative estimate of drug-likeness (QED) is 0.170. The van der Waals surface area contributed by atoms with E-state index in [9.17, 15) is 4.79 Å². The van der Waals surface area contributed by atoms with Gasteiger partial charge in [0.1, 0.15) is 11.6 Å². The van der Waals surface area contributed by atoms with Crippen LogP contribution in [0, 0.1) is 0 Å². The van der Waals surface area contributed by atoms with Crippen LogP contribution in [-0.4, -0.2) is 24.9 Å². The molecular formula is C29H34N4O. The third-order valence-corrected chi connectivity index (χ3v) is 6.13. The lowest BCUT2D eigenvalue weighted by molar-refractivity contribution is -0.110. The molecule has 0 aliphatic rings. The van der Waals surface area contributed by atoms with E-state index < -0.39 is 0 Å². The Kier molecular flexibility index (Phi) is 8.08. The summed E-state index contributed by atoms with van der Waals surface area (Å²) in [4.78, 5) is 22.2. The molecule has 5 heteroatoms. The van der Waals surface area contributed by atoms with Crippen molar-refractivity contribution in [2.45, 2.75) is 65.5 Å². The molecular weight excluding hydrogens is 420 g/mol. The standard InChI is InChI=1S/C29H34N4O/c1-3-5-11-21-32-26-15-9-7-13-24(26)30-28(32)19-17-23(34)18-20-29-31-25-14-8-10-16-27(25)33(29)22-12-6-4-2/h7-10,13-20H,3-6,11-12,21-22H2,1-2H3/b19-17+,20-18+. The number of rotatable bonds is 12. The molecule has 0 saturated heterocycles. The van der Waals surface area contributed by atoms with Gasteiger partial charge >= 0.3 is 0 Å². The topological polar surface area (TPSA) is 52.7 Å². The Morgan fingerprint density at radius 3 is 1.59 bits per heavy atom. The van der Waals surface area contributed by atoms with Gasteiger partial charge in [0, 0.05) is 13.1 Å². The largest absolute Gasteiger partial charge is 0.324 e. The van der Waals surface area contributed by atoms with Crippen LogP contribution in [0.25, 0.3) is 34.2 Å². The molecule has 0 radical (unpaired) electrons. The van der Waals surface area contributed by atoms with Gasteiger partial charge in [0.25, 0.3) is 0 Å². The third-order valence-electron chi connectivity index (χ3n) is 6.13. The van der Waals surface area contributed by atoms with E-state index in [4.69, 9.17) is 9.97 Å². The van der Waals surface area contributed by atoms with E-state index in [0.29, 0.717) is 0 Å². The number of aromatic nitrogens is 4. The Bertz CT molecular complexity index is 1210. The summed E-state index contributed by atoms with van der Waals surface area (Å²) in [6.07, 6.45) is 13.8. The van der Waals surface area contributed by atoms with Crippen LogP contribution in [0.1, 0.15) is 64.0 Å². The molecule has 4 rings (SSSR count). The zero-order valence-corrected chi connectivity index (χ0v) is 20.3. The average molecular weight is 455 g/mol. The second-order valence-corrected chi connectivity index (χ2v) is 8.70. The Morgan fingerprint density at radius 1 is 0.706 bits per heavy atom. The first-order valence-corrected chi connectivity index (χ1v) is 12.5. The molecule has 2 aromatic heterocycles. The second-order valence-electron chi connectivity index (χ2n) is 8.70. The Balaban J connectivity index is 1.54. The molecule has 0 bridgehead atoms. The molecule has 0 saturated carbocycles. The Labute approximate surface area is 201 Å². The monoisotopic (exact) mass is 454 g/mol. The van der Waals surface area contributed by atoms with Gasteiger partial charge < -0.3 is 9.13 Å². The first-order chi connectivity index (χ1) is 16.7. The normalized spacial score (nSPS) is 12.1. The lowest BCUT2D eigenvalue weighted by atomic mass is 10.2. The van der Waals surface area contributed by atoms with Crippen molar-refractivity contribution in [1.29, 1.82) is 0 Å². The summed E-state index contributed by atoms with van der Waals surface area (Å²) in [5.74, 6) is 1.58. The number of hydrogen-bond donors (Lipinski definition) is 0. The highest BCUT2D eigenvalue weighted by Crippen LogP contribution is 2.20. The van der Waals surface area contributed by atoms with Gasteiger partial charge in [0.2, 0.25) is 0 Å². The molecule has 0 fully saturated rings. The van der Waals surface area contributed by atoms with Crippen LogP contribution in [0.4, 0.5) is 0 Å². The fraction of sp³-hybridized carbons (Fsp3) is 0.345. The summed E-state index contributed by atoms with van der Waals surface area (Å²) >= 11 is 0. The molecule has 0 amide bonds. The first-order valence-electron chi connectivity index (χ1n) is 12.5. The molecule has 4 aromatic rings. The minimum atomic E-state index is -0.0701. The minimum absolute atomic E-state index is 0.0701. The zero-order chi connectivity index (χ0) is 23.8. The van der Waals surface area contributed by atoms with E-state index in [0.717, 1.165) is 59.6 Å². The number of unbranched alkanes of at least 4 members (excludes halogenated alkanes) is 4. The molecule has 2 heterocycles. The number of para-hydroxylation sites is 4. The van der Waals surface area contributed by atoms with Crippen molar-refractivity contribution < 1.29 is 4.79 Å². The SMILES string of the molecule is CCCCCn1c(/C=C/C(=O)/C=C/c2nc3ccccc3n2CCCCC)nc2ccccc21. The Morgan fingerprint density at radius 2 is 1.15 bits per heavy atom. The van der Waals surface area contributed by atoms with Gasteiger partial charge in [-0.05, 0) is 61.4 Å². The molecule has 0 N–H and O–H groups in total. The van der Waals surface area contributed by atoms with E-state index in [2.05, 4.69) is 35.1 Å². The van der Waals surface area contributed by atoms with Gasteiger partial charge in [-0.15, -0.1) is 0 Å². The highest BCUT2D eigenvalue weighted by Gasteiger charge is 2.09. The van der Waals surface area contributed by atoms with Gasteiger partial charge in [-0.1, -0.05) is 63.8 Å². The van der Waals surface area contributed by atoms with Crippen molar-refractivity contribution in [3.05, 3.63) is 72.3 Å². The van der Waals surface area contributed by atoms with Crippen LogP contribution < -0.4 is 0 Å². The Hall–Kier alpha value is -3.47. The van der Waals surface area contributed by atoms with E-state index in [1.807, 2.05) is 48.6 Å². The van der Waals surface area contributed by atoms with E-state index in [-0.39, 0.29) is 5.78 Å². The second kappa shape index (κ2) is 11.6.